The first-order valence-corrected chi connectivity index (χ1v) is 9.00. The van der Waals surface area contributed by atoms with Gasteiger partial charge in [-0.15, -0.1) is 0 Å². The number of amides is 1. The van der Waals surface area contributed by atoms with E-state index in [2.05, 4.69) is 4.98 Å². The SMILES string of the molecule is COc1cccc2c(O[C@@H]3C[C@@H](C(=O)O)N(C(=O)OC(C)(C)C)C3)nccc12. The summed E-state index contributed by atoms with van der Waals surface area (Å²) in [5, 5.41) is 11.1. The van der Waals surface area contributed by atoms with Crippen LogP contribution >= 0.6 is 0 Å². The maximum atomic E-state index is 12.4. The summed E-state index contributed by atoms with van der Waals surface area (Å²) >= 11 is 0. The standard InChI is InChI=1S/C20H24N2O6/c1-20(2,3)28-19(25)22-11-12(10-15(22)18(23)24)27-17-14-6-5-7-16(26-4)13(14)8-9-21-17/h5-9,12,15H,10-11H2,1-4H3,(H,23,24)/t12-,15+/m1/s1. The van der Waals surface area contributed by atoms with Crippen molar-refractivity contribution < 1.29 is 28.9 Å². The predicted molar refractivity (Wildman–Crippen MR) is 102 cm³/mol. The van der Waals surface area contributed by atoms with E-state index in [1.807, 2.05) is 24.3 Å². The Morgan fingerprint density at radius 3 is 2.61 bits per heavy atom. The lowest BCUT2D eigenvalue weighted by atomic mass is 10.1. The summed E-state index contributed by atoms with van der Waals surface area (Å²) in [5.74, 6) is -0.0314. The van der Waals surface area contributed by atoms with Gasteiger partial charge >= 0.3 is 12.1 Å². The third-order valence-corrected chi connectivity index (χ3v) is 4.40. The Morgan fingerprint density at radius 1 is 1.21 bits per heavy atom. The van der Waals surface area contributed by atoms with Crippen molar-refractivity contribution in [2.45, 2.75) is 44.9 Å². The quantitative estimate of drug-likeness (QED) is 0.859. The highest BCUT2D eigenvalue weighted by molar-refractivity contribution is 5.91. The van der Waals surface area contributed by atoms with Crippen molar-refractivity contribution in [1.29, 1.82) is 0 Å². The summed E-state index contributed by atoms with van der Waals surface area (Å²) < 4.78 is 16.7. The molecule has 2 heterocycles. The molecule has 0 aliphatic carbocycles. The first kappa shape index (κ1) is 19.7. The highest BCUT2D eigenvalue weighted by Gasteiger charge is 2.43. The molecule has 0 spiro atoms. The van der Waals surface area contributed by atoms with E-state index in [1.54, 1.807) is 34.1 Å². The highest BCUT2D eigenvalue weighted by atomic mass is 16.6. The summed E-state index contributed by atoms with van der Waals surface area (Å²) in [4.78, 5) is 29.5. The van der Waals surface area contributed by atoms with Gasteiger partial charge in [-0.1, -0.05) is 6.07 Å². The summed E-state index contributed by atoms with van der Waals surface area (Å²) in [6.45, 7) is 5.31. The molecule has 1 saturated heterocycles. The number of rotatable bonds is 4. The molecule has 1 amide bonds. The van der Waals surface area contributed by atoms with Crippen molar-refractivity contribution in [2.24, 2.45) is 0 Å². The van der Waals surface area contributed by atoms with Crippen molar-refractivity contribution in [1.82, 2.24) is 9.88 Å². The second-order valence-corrected chi connectivity index (χ2v) is 7.63. The Hall–Kier alpha value is -3.03. The molecule has 1 N–H and O–H groups in total. The van der Waals surface area contributed by atoms with E-state index in [0.29, 0.717) is 11.6 Å². The summed E-state index contributed by atoms with van der Waals surface area (Å²) in [6.07, 6.45) is 0.572. The van der Waals surface area contributed by atoms with E-state index in [4.69, 9.17) is 14.2 Å². The van der Waals surface area contributed by atoms with Gasteiger partial charge in [0.1, 0.15) is 23.5 Å². The number of aliphatic carboxylic acids is 1. The molecular formula is C20H24N2O6. The molecule has 3 rings (SSSR count). The number of fused-ring (bicyclic) bond motifs is 1. The molecule has 8 heteroatoms. The van der Waals surface area contributed by atoms with E-state index in [1.165, 1.54) is 4.90 Å². The molecule has 8 nitrogen and oxygen atoms in total. The molecule has 1 aromatic carbocycles. The highest BCUT2D eigenvalue weighted by Crippen LogP contribution is 2.32. The first-order valence-electron chi connectivity index (χ1n) is 9.00. The average molecular weight is 388 g/mol. The molecule has 2 aromatic rings. The average Bonchev–Trinajstić information content (AvgIpc) is 3.04. The van der Waals surface area contributed by atoms with Gasteiger partial charge in [0.05, 0.1) is 13.7 Å². The number of hydrogen-bond donors (Lipinski definition) is 1. The van der Waals surface area contributed by atoms with Gasteiger partial charge in [-0.3, -0.25) is 4.90 Å². The smallest absolute Gasteiger partial charge is 0.411 e. The van der Waals surface area contributed by atoms with E-state index in [9.17, 15) is 14.7 Å². The molecule has 2 atom stereocenters. The van der Waals surface area contributed by atoms with E-state index >= 15 is 0 Å². The fourth-order valence-corrected chi connectivity index (χ4v) is 3.22. The van der Waals surface area contributed by atoms with Gasteiger partial charge in [0.15, 0.2) is 0 Å². The van der Waals surface area contributed by atoms with Crippen molar-refractivity contribution in [3.8, 4) is 11.6 Å². The van der Waals surface area contributed by atoms with Crippen LogP contribution in [-0.2, 0) is 9.53 Å². The second kappa shape index (κ2) is 7.53. The zero-order chi connectivity index (χ0) is 20.5. The van der Waals surface area contributed by atoms with Crippen molar-refractivity contribution >= 4 is 22.8 Å². The Labute approximate surface area is 163 Å². The van der Waals surface area contributed by atoms with Crippen LogP contribution in [0.1, 0.15) is 27.2 Å². The molecule has 0 unspecified atom stereocenters. The fraction of sp³-hybridized carbons (Fsp3) is 0.450. The molecule has 1 aliphatic rings. The van der Waals surface area contributed by atoms with Crippen LogP contribution in [0.15, 0.2) is 30.5 Å². The molecule has 0 saturated carbocycles. The zero-order valence-electron chi connectivity index (χ0n) is 16.3. The maximum Gasteiger partial charge on any atom is 0.411 e. The number of ether oxygens (including phenoxy) is 3. The van der Waals surface area contributed by atoms with Crippen LogP contribution < -0.4 is 9.47 Å². The third kappa shape index (κ3) is 4.11. The van der Waals surface area contributed by atoms with Crippen molar-refractivity contribution in [3.05, 3.63) is 30.5 Å². The molecule has 0 radical (unpaired) electrons. The molecular weight excluding hydrogens is 364 g/mol. The molecule has 1 fully saturated rings. The van der Waals surface area contributed by atoms with E-state index < -0.39 is 29.8 Å². The summed E-state index contributed by atoms with van der Waals surface area (Å²) in [5.41, 5.74) is -0.715. The first-order chi connectivity index (χ1) is 13.2. The summed E-state index contributed by atoms with van der Waals surface area (Å²) in [7, 11) is 1.59. The van der Waals surface area contributed by atoms with Crippen LogP contribution in [-0.4, -0.2) is 58.5 Å². The number of pyridine rings is 1. The number of carbonyl (C=O) groups excluding carboxylic acids is 1. The van der Waals surface area contributed by atoms with Gasteiger partial charge in [-0.05, 0) is 39.0 Å². The van der Waals surface area contributed by atoms with E-state index in [0.717, 1.165) is 10.8 Å². The lowest BCUT2D eigenvalue weighted by Gasteiger charge is -2.26. The number of likely N-dealkylation sites (tertiary alicyclic amines) is 1. The topological polar surface area (TPSA) is 98.2 Å². The molecule has 0 bridgehead atoms. The van der Waals surface area contributed by atoms with Crippen molar-refractivity contribution in [2.75, 3.05) is 13.7 Å². The van der Waals surface area contributed by atoms with Gasteiger partial charge in [0, 0.05) is 23.4 Å². The molecule has 1 aromatic heterocycles. The zero-order valence-corrected chi connectivity index (χ0v) is 16.3. The monoisotopic (exact) mass is 388 g/mol. The van der Waals surface area contributed by atoms with Gasteiger partial charge in [0.25, 0.3) is 0 Å². The minimum atomic E-state index is -1.09. The number of nitrogens with zero attached hydrogens (tertiary/aromatic N) is 2. The van der Waals surface area contributed by atoms with Crippen LogP contribution in [0.5, 0.6) is 11.6 Å². The van der Waals surface area contributed by atoms with Crippen LogP contribution in [0, 0.1) is 0 Å². The van der Waals surface area contributed by atoms with Gasteiger partial charge < -0.3 is 19.3 Å². The van der Waals surface area contributed by atoms with Gasteiger partial charge in [-0.2, -0.15) is 0 Å². The molecule has 1 aliphatic heterocycles. The number of aromatic nitrogens is 1. The minimum absolute atomic E-state index is 0.105. The number of methoxy groups -OCH3 is 1. The lowest BCUT2D eigenvalue weighted by Crippen LogP contribution is -2.43. The predicted octanol–water partition coefficient (Wildman–Crippen LogP) is 3.08. The number of benzene rings is 1. The Morgan fingerprint density at radius 2 is 1.96 bits per heavy atom. The van der Waals surface area contributed by atoms with Crippen LogP contribution in [0.25, 0.3) is 10.8 Å². The van der Waals surface area contributed by atoms with E-state index in [-0.39, 0.29) is 13.0 Å². The summed E-state index contributed by atoms with van der Waals surface area (Å²) in [6, 6.07) is 6.34. The molecule has 28 heavy (non-hydrogen) atoms. The largest absolute Gasteiger partial charge is 0.496 e. The van der Waals surface area contributed by atoms with Crippen LogP contribution in [0.2, 0.25) is 0 Å². The normalized spacial score (nSPS) is 19.5. The third-order valence-electron chi connectivity index (χ3n) is 4.40. The van der Waals surface area contributed by atoms with Crippen LogP contribution in [0.4, 0.5) is 4.79 Å². The maximum absolute atomic E-state index is 12.4. The Kier molecular flexibility index (Phi) is 5.31. The molecule has 150 valence electrons. The number of hydrogen-bond acceptors (Lipinski definition) is 6. The van der Waals surface area contributed by atoms with Crippen LogP contribution in [0.3, 0.4) is 0 Å². The van der Waals surface area contributed by atoms with Crippen molar-refractivity contribution in [3.63, 3.8) is 0 Å². The lowest BCUT2D eigenvalue weighted by molar-refractivity contribution is -0.142. The second-order valence-electron chi connectivity index (χ2n) is 7.63. The number of carboxylic acid groups (broad SMARTS) is 1. The Bertz CT molecular complexity index is 892. The number of carboxylic acids is 1. The Balaban J connectivity index is 1.83. The van der Waals surface area contributed by atoms with Gasteiger partial charge in [-0.25, -0.2) is 14.6 Å². The number of carbonyl (C=O) groups is 2. The fourth-order valence-electron chi connectivity index (χ4n) is 3.22. The minimum Gasteiger partial charge on any atom is -0.496 e. The van der Waals surface area contributed by atoms with Gasteiger partial charge in [0.2, 0.25) is 5.88 Å².